The second-order valence-electron chi connectivity index (χ2n) is 4.76. The minimum atomic E-state index is 0.712. The standard InChI is InChI=1S/C15H20N2O/c1-11-5-7-13(9-15(11)17(3)4)16-10-14-8-6-12(2)18-14/h5-9,16H,10H2,1-4H3. The molecule has 1 aromatic heterocycles. The van der Waals surface area contributed by atoms with Crippen molar-refractivity contribution in [2.45, 2.75) is 20.4 Å². The van der Waals surface area contributed by atoms with E-state index in [1.54, 1.807) is 0 Å². The largest absolute Gasteiger partial charge is 0.465 e. The van der Waals surface area contributed by atoms with Gasteiger partial charge < -0.3 is 14.6 Å². The van der Waals surface area contributed by atoms with Gasteiger partial charge in [0, 0.05) is 25.5 Å². The summed E-state index contributed by atoms with van der Waals surface area (Å²) in [6.45, 7) is 4.79. The van der Waals surface area contributed by atoms with Crippen LogP contribution in [-0.4, -0.2) is 14.1 Å². The highest BCUT2D eigenvalue weighted by molar-refractivity contribution is 5.61. The third-order valence-electron chi connectivity index (χ3n) is 2.95. The van der Waals surface area contributed by atoms with Crippen LogP contribution in [0.1, 0.15) is 17.1 Å². The molecule has 18 heavy (non-hydrogen) atoms. The predicted octanol–water partition coefficient (Wildman–Crippen LogP) is 3.57. The lowest BCUT2D eigenvalue weighted by Gasteiger charge is -2.17. The van der Waals surface area contributed by atoms with Gasteiger partial charge in [-0.2, -0.15) is 0 Å². The monoisotopic (exact) mass is 244 g/mol. The number of rotatable bonds is 4. The molecule has 3 heteroatoms. The van der Waals surface area contributed by atoms with Gasteiger partial charge in [-0.3, -0.25) is 0 Å². The van der Waals surface area contributed by atoms with Crippen molar-refractivity contribution in [1.82, 2.24) is 0 Å². The number of hydrogen-bond acceptors (Lipinski definition) is 3. The Kier molecular flexibility index (Phi) is 3.60. The maximum Gasteiger partial charge on any atom is 0.123 e. The molecule has 0 aliphatic carbocycles. The number of nitrogens with one attached hydrogen (secondary N) is 1. The van der Waals surface area contributed by atoms with E-state index in [0.29, 0.717) is 6.54 Å². The summed E-state index contributed by atoms with van der Waals surface area (Å²) in [5, 5.41) is 3.38. The molecule has 0 radical (unpaired) electrons. The van der Waals surface area contributed by atoms with Crippen molar-refractivity contribution < 1.29 is 4.42 Å². The third kappa shape index (κ3) is 2.86. The number of furan rings is 1. The molecule has 1 N–H and O–H groups in total. The molecule has 0 spiro atoms. The molecule has 1 aromatic carbocycles. The summed E-state index contributed by atoms with van der Waals surface area (Å²) < 4.78 is 5.53. The molecule has 3 nitrogen and oxygen atoms in total. The van der Waals surface area contributed by atoms with Gasteiger partial charge in [-0.1, -0.05) is 6.07 Å². The van der Waals surface area contributed by atoms with Crippen molar-refractivity contribution in [2.24, 2.45) is 0 Å². The maximum absolute atomic E-state index is 5.53. The van der Waals surface area contributed by atoms with Crippen LogP contribution in [0.15, 0.2) is 34.7 Å². The van der Waals surface area contributed by atoms with Gasteiger partial charge >= 0.3 is 0 Å². The molecule has 0 aliphatic rings. The molecule has 0 saturated heterocycles. The van der Waals surface area contributed by atoms with Crippen molar-refractivity contribution in [3.63, 3.8) is 0 Å². The van der Waals surface area contributed by atoms with Crippen LogP contribution in [-0.2, 0) is 6.54 Å². The first-order valence-electron chi connectivity index (χ1n) is 6.13. The molecular formula is C15H20N2O. The van der Waals surface area contributed by atoms with Crippen molar-refractivity contribution in [1.29, 1.82) is 0 Å². The van der Waals surface area contributed by atoms with Crippen LogP contribution in [0.3, 0.4) is 0 Å². The van der Waals surface area contributed by atoms with Crippen LogP contribution in [0.4, 0.5) is 11.4 Å². The van der Waals surface area contributed by atoms with E-state index < -0.39 is 0 Å². The lowest BCUT2D eigenvalue weighted by molar-refractivity contribution is 0.490. The normalized spacial score (nSPS) is 10.4. The summed E-state index contributed by atoms with van der Waals surface area (Å²) >= 11 is 0. The number of anilines is 2. The summed E-state index contributed by atoms with van der Waals surface area (Å²) in [7, 11) is 4.12. The smallest absolute Gasteiger partial charge is 0.123 e. The van der Waals surface area contributed by atoms with Crippen LogP contribution < -0.4 is 10.2 Å². The molecule has 0 bridgehead atoms. The second kappa shape index (κ2) is 5.17. The average Bonchev–Trinajstić information content (AvgIpc) is 2.74. The van der Waals surface area contributed by atoms with Gasteiger partial charge in [0.1, 0.15) is 11.5 Å². The van der Waals surface area contributed by atoms with Gasteiger partial charge in [0.25, 0.3) is 0 Å². The highest BCUT2D eigenvalue weighted by atomic mass is 16.3. The molecule has 2 aromatic rings. The molecule has 0 fully saturated rings. The predicted molar refractivity (Wildman–Crippen MR) is 76.3 cm³/mol. The summed E-state index contributed by atoms with van der Waals surface area (Å²) in [5.74, 6) is 1.91. The van der Waals surface area contributed by atoms with Crippen molar-refractivity contribution in [2.75, 3.05) is 24.3 Å². The summed E-state index contributed by atoms with van der Waals surface area (Å²) in [5.41, 5.74) is 3.62. The number of benzene rings is 1. The Hall–Kier alpha value is -1.90. The minimum absolute atomic E-state index is 0.712. The lowest BCUT2D eigenvalue weighted by Crippen LogP contribution is -2.10. The highest BCUT2D eigenvalue weighted by Gasteiger charge is 2.03. The maximum atomic E-state index is 5.53. The zero-order valence-electron chi connectivity index (χ0n) is 11.4. The Morgan fingerprint density at radius 1 is 1.11 bits per heavy atom. The van der Waals surface area contributed by atoms with Crippen molar-refractivity contribution in [3.8, 4) is 0 Å². The van der Waals surface area contributed by atoms with E-state index in [2.05, 4.69) is 49.4 Å². The van der Waals surface area contributed by atoms with E-state index in [4.69, 9.17) is 4.42 Å². The third-order valence-corrected chi connectivity index (χ3v) is 2.95. The van der Waals surface area contributed by atoms with Gasteiger partial charge in [-0.05, 0) is 43.7 Å². The zero-order chi connectivity index (χ0) is 13.1. The zero-order valence-corrected chi connectivity index (χ0v) is 11.4. The number of aryl methyl sites for hydroxylation is 2. The van der Waals surface area contributed by atoms with Crippen LogP contribution in [0.5, 0.6) is 0 Å². The number of hydrogen-bond donors (Lipinski definition) is 1. The molecule has 0 atom stereocenters. The highest BCUT2D eigenvalue weighted by Crippen LogP contribution is 2.23. The van der Waals surface area contributed by atoms with Gasteiger partial charge in [0.15, 0.2) is 0 Å². The van der Waals surface area contributed by atoms with E-state index in [0.717, 1.165) is 17.2 Å². The fraction of sp³-hybridized carbons (Fsp3) is 0.333. The van der Waals surface area contributed by atoms with Crippen LogP contribution in [0.25, 0.3) is 0 Å². The van der Waals surface area contributed by atoms with E-state index in [-0.39, 0.29) is 0 Å². The Morgan fingerprint density at radius 2 is 1.89 bits per heavy atom. The molecular weight excluding hydrogens is 224 g/mol. The molecule has 0 aliphatic heterocycles. The van der Waals surface area contributed by atoms with Gasteiger partial charge in [0.2, 0.25) is 0 Å². The van der Waals surface area contributed by atoms with Gasteiger partial charge in [-0.25, -0.2) is 0 Å². The molecule has 0 saturated carbocycles. The Balaban J connectivity index is 2.08. The average molecular weight is 244 g/mol. The summed E-state index contributed by atoms with van der Waals surface area (Å²) in [6.07, 6.45) is 0. The summed E-state index contributed by atoms with van der Waals surface area (Å²) in [6, 6.07) is 10.4. The first-order chi connectivity index (χ1) is 8.56. The molecule has 2 rings (SSSR count). The van der Waals surface area contributed by atoms with E-state index in [9.17, 15) is 0 Å². The molecule has 96 valence electrons. The van der Waals surface area contributed by atoms with Crippen molar-refractivity contribution in [3.05, 3.63) is 47.4 Å². The van der Waals surface area contributed by atoms with E-state index in [1.165, 1.54) is 11.3 Å². The molecule has 0 amide bonds. The van der Waals surface area contributed by atoms with E-state index >= 15 is 0 Å². The fourth-order valence-electron chi connectivity index (χ4n) is 1.97. The Bertz CT molecular complexity index is 529. The van der Waals surface area contributed by atoms with Crippen LogP contribution in [0, 0.1) is 13.8 Å². The van der Waals surface area contributed by atoms with Crippen LogP contribution >= 0.6 is 0 Å². The first kappa shape index (κ1) is 12.6. The van der Waals surface area contributed by atoms with Crippen molar-refractivity contribution >= 4 is 11.4 Å². The fourth-order valence-corrected chi connectivity index (χ4v) is 1.97. The van der Waals surface area contributed by atoms with E-state index in [1.807, 2.05) is 19.1 Å². The van der Waals surface area contributed by atoms with Gasteiger partial charge in [-0.15, -0.1) is 0 Å². The quantitative estimate of drug-likeness (QED) is 0.891. The van der Waals surface area contributed by atoms with Gasteiger partial charge in [0.05, 0.1) is 6.54 Å². The summed E-state index contributed by atoms with van der Waals surface area (Å²) in [4.78, 5) is 2.12. The Morgan fingerprint density at radius 3 is 2.50 bits per heavy atom. The Labute approximate surface area is 108 Å². The first-order valence-corrected chi connectivity index (χ1v) is 6.13. The minimum Gasteiger partial charge on any atom is -0.465 e. The SMILES string of the molecule is Cc1ccc(CNc2ccc(C)c(N(C)C)c2)o1. The lowest BCUT2D eigenvalue weighted by atomic mass is 10.1. The van der Waals surface area contributed by atoms with Crippen LogP contribution in [0.2, 0.25) is 0 Å². The molecule has 1 heterocycles. The second-order valence-corrected chi connectivity index (χ2v) is 4.76. The topological polar surface area (TPSA) is 28.4 Å². The molecule has 0 unspecified atom stereocenters. The number of nitrogens with zero attached hydrogens (tertiary/aromatic N) is 1.